The lowest BCUT2D eigenvalue weighted by atomic mass is 10.2. The molecule has 0 saturated heterocycles. The Morgan fingerprint density at radius 1 is 1.12 bits per heavy atom. The van der Waals surface area contributed by atoms with E-state index in [9.17, 15) is 4.79 Å². The fourth-order valence-electron chi connectivity index (χ4n) is 2.31. The molecular weight excluding hydrogens is 314 g/mol. The molecule has 25 heavy (non-hydrogen) atoms. The summed E-state index contributed by atoms with van der Waals surface area (Å²) in [5.74, 6) is 0.589. The molecule has 5 heteroatoms. The Kier molecular flexibility index (Phi) is 5.67. The first kappa shape index (κ1) is 18.8. The van der Waals surface area contributed by atoms with Gasteiger partial charge in [-0.3, -0.25) is 4.90 Å². The first-order valence-corrected chi connectivity index (χ1v) is 8.35. The lowest BCUT2D eigenvalue weighted by Gasteiger charge is -2.27. The molecule has 0 N–H and O–H groups in total. The van der Waals surface area contributed by atoms with Crippen molar-refractivity contribution in [2.24, 2.45) is 0 Å². The molecule has 0 fully saturated rings. The number of carbonyl (C=O) groups is 1. The molecule has 5 nitrogen and oxygen atoms in total. The monoisotopic (exact) mass is 341 g/mol. The maximum atomic E-state index is 12.7. The summed E-state index contributed by atoms with van der Waals surface area (Å²) in [6.07, 6.45) is 1.30. The van der Waals surface area contributed by atoms with E-state index in [4.69, 9.17) is 4.74 Å². The first-order chi connectivity index (χ1) is 11.7. The number of hydrogen-bond acceptors (Lipinski definition) is 4. The van der Waals surface area contributed by atoms with Crippen molar-refractivity contribution < 1.29 is 9.53 Å². The Balaban J connectivity index is 2.29. The van der Waals surface area contributed by atoms with Crippen LogP contribution in [0.3, 0.4) is 0 Å². The second-order valence-electron chi connectivity index (χ2n) is 7.32. The van der Waals surface area contributed by atoms with Crippen LogP contribution < -0.4 is 9.80 Å². The predicted octanol–water partition coefficient (Wildman–Crippen LogP) is 4.40. The third kappa shape index (κ3) is 5.48. The fourth-order valence-corrected chi connectivity index (χ4v) is 2.31. The molecule has 2 rings (SSSR count). The van der Waals surface area contributed by atoms with Gasteiger partial charge in [-0.25, -0.2) is 9.78 Å². The summed E-state index contributed by atoms with van der Waals surface area (Å²) in [5.41, 5.74) is 2.61. The lowest BCUT2D eigenvalue weighted by Crippen LogP contribution is -2.37. The van der Waals surface area contributed by atoms with E-state index in [0.29, 0.717) is 12.4 Å². The molecule has 0 unspecified atom stereocenters. The number of rotatable bonds is 4. The molecule has 0 aliphatic heterocycles. The van der Waals surface area contributed by atoms with Crippen LogP contribution in [0, 0.1) is 6.92 Å². The van der Waals surface area contributed by atoms with Gasteiger partial charge in [0, 0.05) is 26.0 Å². The van der Waals surface area contributed by atoms with Crippen molar-refractivity contribution in [1.82, 2.24) is 4.98 Å². The predicted molar refractivity (Wildman–Crippen MR) is 102 cm³/mol. The van der Waals surface area contributed by atoms with E-state index in [2.05, 4.69) is 4.98 Å². The molecule has 1 aromatic heterocycles. The molecule has 2 aromatic rings. The molecule has 0 bridgehead atoms. The van der Waals surface area contributed by atoms with Crippen molar-refractivity contribution in [2.75, 3.05) is 23.9 Å². The molecule has 1 aromatic carbocycles. The van der Waals surface area contributed by atoms with Crippen LogP contribution in [-0.4, -0.2) is 30.8 Å². The highest BCUT2D eigenvalue weighted by atomic mass is 16.6. The van der Waals surface area contributed by atoms with Gasteiger partial charge in [0.05, 0.1) is 6.54 Å². The lowest BCUT2D eigenvalue weighted by molar-refractivity contribution is 0.0576. The van der Waals surface area contributed by atoms with Gasteiger partial charge in [0.2, 0.25) is 0 Å². The van der Waals surface area contributed by atoms with Gasteiger partial charge in [-0.15, -0.1) is 0 Å². The molecule has 0 atom stereocenters. The first-order valence-electron chi connectivity index (χ1n) is 8.35. The van der Waals surface area contributed by atoms with Crippen molar-refractivity contribution in [2.45, 2.75) is 39.8 Å². The van der Waals surface area contributed by atoms with Gasteiger partial charge >= 0.3 is 6.09 Å². The minimum absolute atomic E-state index is 0.401. The third-order valence-electron chi connectivity index (χ3n) is 3.58. The van der Waals surface area contributed by atoms with E-state index in [-0.39, 0.29) is 0 Å². The van der Waals surface area contributed by atoms with Crippen LogP contribution in [0.25, 0.3) is 0 Å². The minimum atomic E-state index is -0.562. The van der Waals surface area contributed by atoms with Crippen LogP contribution >= 0.6 is 0 Å². The van der Waals surface area contributed by atoms with Crippen LogP contribution in [0.1, 0.15) is 31.9 Å². The summed E-state index contributed by atoms with van der Waals surface area (Å²) in [4.78, 5) is 20.7. The molecular formula is C20H27N3O2. The molecule has 0 aliphatic rings. The van der Waals surface area contributed by atoms with E-state index in [1.807, 2.05) is 83.1 Å². The largest absolute Gasteiger partial charge is 0.443 e. The van der Waals surface area contributed by atoms with Crippen LogP contribution in [-0.2, 0) is 11.3 Å². The standard InChI is InChI=1S/C20H27N3O2/c1-15-11-12-21-18(13-15)23(19(24)25-20(2,3)4)14-16-7-9-17(10-8-16)22(5)6/h7-13H,14H2,1-6H3. The van der Waals surface area contributed by atoms with Crippen molar-refractivity contribution in [3.8, 4) is 0 Å². The van der Waals surface area contributed by atoms with Gasteiger partial charge in [-0.2, -0.15) is 0 Å². The van der Waals surface area contributed by atoms with Crippen LogP contribution in [0.5, 0.6) is 0 Å². The molecule has 1 amide bonds. The van der Waals surface area contributed by atoms with Crippen molar-refractivity contribution in [1.29, 1.82) is 0 Å². The summed E-state index contributed by atoms with van der Waals surface area (Å²) in [6, 6.07) is 11.9. The second-order valence-corrected chi connectivity index (χ2v) is 7.32. The van der Waals surface area contributed by atoms with E-state index in [0.717, 1.165) is 16.8 Å². The number of nitrogens with zero attached hydrogens (tertiary/aromatic N) is 3. The molecule has 0 radical (unpaired) electrons. The maximum Gasteiger partial charge on any atom is 0.416 e. The van der Waals surface area contributed by atoms with E-state index in [1.165, 1.54) is 0 Å². The highest BCUT2D eigenvalue weighted by molar-refractivity contribution is 5.86. The SMILES string of the molecule is Cc1ccnc(N(Cc2ccc(N(C)C)cc2)C(=O)OC(C)(C)C)c1. The van der Waals surface area contributed by atoms with E-state index < -0.39 is 11.7 Å². The van der Waals surface area contributed by atoms with Crippen LogP contribution in [0.15, 0.2) is 42.6 Å². The Morgan fingerprint density at radius 2 is 1.76 bits per heavy atom. The van der Waals surface area contributed by atoms with Gasteiger partial charge in [-0.1, -0.05) is 12.1 Å². The van der Waals surface area contributed by atoms with E-state index in [1.54, 1.807) is 11.1 Å². The maximum absolute atomic E-state index is 12.7. The number of ether oxygens (including phenoxy) is 1. The average molecular weight is 341 g/mol. The molecule has 0 aliphatic carbocycles. The number of aromatic nitrogens is 1. The number of pyridine rings is 1. The minimum Gasteiger partial charge on any atom is -0.443 e. The zero-order chi connectivity index (χ0) is 18.6. The summed E-state index contributed by atoms with van der Waals surface area (Å²) in [6.45, 7) is 7.96. The fraction of sp³-hybridized carbons (Fsp3) is 0.400. The summed E-state index contributed by atoms with van der Waals surface area (Å²) >= 11 is 0. The Bertz CT molecular complexity index is 718. The van der Waals surface area contributed by atoms with E-state index >= 15 is 0 Å². The highest BCUT2D eigenvalue weighted by Gasteiger charge is 2.24. The Morgan fingerprint density at radius 3 is 2.28 bits per heavy atom. The second kappa shape index (κ2) is 7.55. The van der Waals surface area contributed by atoms with Crippen molar-refractivity contribution in [3.05, 3.63) is 53.7 Å². The number of amides is 1. The van der Waals surface area contributed by atoms with Crippen LogP contribution in [0.4, 0.5) is 16.3 Å². The van der Waals surface area contributed by atoms with Gasteiger partial charge in [-0.05, 0) is 63.1 Å². The normalized spacial score (nSPS) is 11.1. The highest BCUT2D eigenvalue weighted by Crippen LogP contribution is 2.21. The molecule has 134 valence electrons. The zero-order valence-corrected chi connectivity index (χ0v) is 15.9. The van der Waals surface area contributed by atoms with Crippen molar-refractivity contribution in [3.63, 3.8) is 0 Å². The van der Waals surface area contributed by atoms with Crippen molar-refractivity contribution >= 4 is 17.6 Å². The molecule has 0 saturated carbocycles. The molecule has 1 heterocycles. The quantitative estimate of drug-likeness (QED) is 0.827. The number of benzene rings is 1. The smallest absolute Gasteiger partial charge is 0.416 e. The Labute approximate surface area is 150 Å². The number of aryl methyl sites for hydroxylation is 1. The Hall–Kier alpha value is -2.56. The average Bonchev–Trinajstić information content (AvgIpc) is 2.51. The summed E-state index contributed by atoms with van der Waals surface area (Å²) in [5, 5.41) is 0. The number of anilines is 2. The molecule has 0 spiro atoms. The number of carbonyl (C=O) groups excluding carboxylic acids is 1. The van der Waals surface area contributed by atoms with Gasteiger partial charge in [0.1, 0.15) is 11.4 Å². The van der Waals surface area contributed by atoms with Gasteiger partial charge in [0.25, 0.3) is 0 Å². The number of hydrogen-bond donors (Lipinski definition) is 0. The summed E-state index contributed by atoms with van der Waals surface area (Å²) in [7, 11) is 4.00. The topological polar surface area (TPSA) is 45.7 Å². The third-order valence-corrected chi connectivity index (χ3v) is 3.58. The van der Waals surface area contributed by atoms with Crippen LogP contribution in [0.2, 0.25) is 0 Å². The zero-order valence-electron chi connectivity index (χ0n) is 15.9. The summed E-state index contributed by atoms with van der Waals surface area (Å²) < 4.78 is 5.57. The van der Waals surface area contributed by atoms with Gasteiger partial charge < -0.3 is 9.64 Å². The van der Waals surface area contributed by atoms with Gasteiger partial charge in [0.15, 0.2) is 0 Å².